The number of rotatable bonds is 2. The maximum Gasteiger partial charge on any atom is 0.416 e. The van der Waals surface area contributed by atoms with Gasteiger partial charge in [-0.1, -0.05) is 0 Å². The second kappa shape index (κ2) is 4.77. The normalized spacial score (nSPS) is 14.2. The van der Waals surface area contributed by atoms with E-state index in [1.54, 1.807) is 0 Å². The van der Waals surface area contributed by atoms with Crippen LogP contribution in [0, 0.1) is 5.82 Å². The van der Waals surface area contributed by atoms with Crippen LogP contribution in [0.3, 0.4) is 0 Å². The number of aliphatic hydroxyl groups excluding tert-OH is 1. The van der Waals surface area contributed by atoms with Gasteiger partial charge in [-0.3, -0.25) is 0 Å². The van der Waals surface area contributed by atoms with Crippen molar-refractivity contribution < 1.29 is 22.7 Å². The van der Waals surface area contributed by atoms with Crippen LogP contribution >= 0.6 is 23.2 Å². The Bertz CT molecular complexity index is 378. The van der Waals surface area contributed by atoms with Crippen LogP contribution in [0.4, 0.5) is 17.6 Å². The smallest absolute Gasteiger partial charge is 0.385 e. The molecule has 0 heterocycles. The van der Waals surface area contributed by atoms with Crippen molar-refractivity contribution >= 4 is 23.2 Å². The molecule has 16 heavy (non-hydrogen) atoms. The first kappa shape index (κ1) is 13.5. The molecule has 0 fully saturated rings. The Morgan fingerprint density at radius 3 is 2.19 bits per heavy atom. The van der Waals surface area contributed by atoms with E-state index < -0.39 is 34.1 Å². The molecule has 0 aliphatic rings. The van der Waals surface area contributed by atoms with Crippen molar-refractivity contribution in [2.24, 2.45) is 0 Å². The summed E-state index contributed by atoms with van der Waals surface area (Å²) in [6, 6.07) is 1.66. The Labute approximate surface area is 98.6 Å². The molecule has 7 heteroatoms. The molecule has 0 aliphatic heterocycles. The fourth-order valence-corrected chi connectivity index (χ4v) is 1.35. The average Bonchev–Trinajstić information content (AvgIpc) is 2.15. The Hall–Kier alpha value is -0.520. The molecule has 0 aromatic heterocycles. The first-order chi connectivity index (χ1) is 7.23. The Balaban J connectivity index is 3.19. The standard InChI is InChI=1S/C9H6Cl2F4O/c10-8(11)7(16)5-3-4(9(13,14)15)1-2-6(5)12/h1-3,7-8,16H. The zero-order valence-corrected chi connectivity index (χ0v) is 9.11. The minimum atomic E-state index is -4.61. The van der Waals surface area contributed by atoms with Crippen LogP contribution in [-0.4, -0.2) is 9.94 Å². The second-order valence-electron chi connectivity index (χ2n) is 3.01. The van der Waals surface area contributed by atoms with Gasteiger partial charge in [0.1, 0.15) is 16.8 Å². The minimum Gasteiger partial charge on any atom is -0.385 e. The zero-order chi connectivity index (χ0) is 12.5. The summed E-state index contributed by atoms with van der Waals surface area (Å²) in [6.07, 6.45) is -6.32. The molecule has 1 aromatic carbocycles. The first-order valence-electron chi connectivity index (χ1n) is 4.06. The Morgan fingerprint density at radius 1 is 1.19 bits per heavy atom. The molecule has 90 valence electrons. The molecule has 0 spiro atoms. The van der Waals surface area contributed by atoms with Gasteiger partial charge in [-0.25, -0.2) is 4.39 Å². The maximum atomic E-state index is 13.1. The highest BCUT2D eigenvalue weighted by Crippen LogP contribution is 2.33. The van der Waals surface area contributed by atoms with Crippen LogP contribution in [0.5, 0.6) is 0 Å². The lowest BCUT2D eigenvalue weighted by Gasteiger charge is -2.15. The number of hydrogen-bond acceptors (Lipinski definition) is 1. The Morgan fingerprint density at radius 2 is 1.75 bits per heavy atom. The molecule has 1 unspecified atom stereocenters. The van der Waals surface area contributed by atoms with E-state index in [1.165, 1.54) is 0 Å². The van der Waals surface area contributed by atoms with Gasteiger partial charge in [-0.05, 0) is 18.2 Å². The molecule has 0 bridgehead atoms. The van der Waals surface area contributed by atoms with Gasteiger partial charge in [-0.2, -0.15) is 13.2 Å². The molecule has 1 rings (SSSR count). The highest BCUT2D eigenvalue weighted by molar-refractivity contribution is 6.44. The first-order valence-corrected chi connectivity index (χ1v) is 4.93. The highest BCUT2D eigenvalue weighted by Gasteiger charge is 2.32. The van der Waals surface area contributed by atoms with Crippen LogP contribution in [0.2, 0.25) is 0 Å². The summed E-state index contributed by atoms with van der Waals surface area (Å²) >= 11 is 10.5. The third kappa shape index (κ3) is 2.99. The molecule has 0 saturated heterocycles. The molecular formula is C9H6Cl2F4O. The molecular weight excluding hydrogens is 271 g/mol. The minimum absolute atomic E-state index is 0.484. The predicted molar refractivity (Wildman–Crippen MR) is 51.9 cm³/mol. The summed E-state index contributed by atoms with van der Waals surface area (Å²) < 4.78 is 50.0. The van der Waals surface area contributed by atoms with Crippen LogP contribution in [0.25, 0.3) is 0 Å². The average molecular weight is 277 g/mol. The topological polar surface area (TPSA) is 20.2 Å². The quantitative estimate of drug-likeness (QED) is 0.645. The largest absolute Gasteiger partial charge is 0.416 e. The summed E-state index contributed by atoms with van der Waals surface area (Å²) in [7, 11) is 0. The van der Waals surface area contributed by atoms with Gasteiger partial charge in [0.05, 0.1) is 5.56 Å². The summed E-state index contributed by atoms with van der Waals surface area (Å²) in [5.74, 6) is -0.994. The molecule has 0 saturated carbocycles. The monoisotopic (exact) mass is 276 g/mol. The van der Waals surface area contributed by atoms with E-state index in [1.807, 2.05) is 0 Å². The van der Waals surface area contributed by atoms with Gasteiger partial charge >= 0.3 is 6.18 Å². The van der Waals surface area contributed by atoms with Crippen molar-refractivity contribution in [3.8, 4) is 0 Å². The zero-order valence-electron chi connectivity index (χ0n) is 7.60. The van der Waals surface area contributed by atoms with Gasteiger partial charge in [0.2, 0.25) is 0 Å². The fourth-order valence-electron chi connectivity index (χ4n) is 1.08. The van der Waals surface area contributed by atoms with Gasteiger partial charge in [0.25, 0.3) is 0 Å². The van der Waals surface area contributed by atoms with E-state index in [0.717, 1.165) is 0 Å². The van der Waals surface area contributed by atoms with Crippen molar-refractivity contribution in [2.75, 3.05) is 0 Å². The maximum absolute atomic E-state index is 13.1. The highest BCUT2D eigenvalue weighted by atomic mass is 35.5. The summed E-state index contributed by atoms with van der Waals surface area (Å²) in [4.78, 5) is -1.40. The van der Waals surface area contributed by atoms with Gasteiger partial charge in [0, 0.05) is 5.56 Å². The molecule has 1 atom stereocenters. The van der Waals surface area contributed by atoms with Crippen molar-refractivity contribution in [1.29, 1.82) is 0 Å². The summed E-state index contributed by atoms with van der Waals surface area (Å²) in [6.45, 7) is 0. The van der Waals surface area contributed by atoms with Crippen molar-refractivity contribution in [1.82, 2.24) is 0 Å². The number of aliphatic hydroxyl groups is 1. The molecule has 1 nitrogen and oxygen atoms in total. The van der Waals surface area contributed by atoms with E-state index in [-0.39, 0.29) is 0 Å². The molecule has 0 amide bonds. The van der Waals surface area contributed by atoms with Crippen LogP contribution < -0.4 is 0 Å². The summed E-state index contributed by atoms with van der Waals surface area (Å²) in [5, 5.41) is 9.30. The van der Waals surface area contributed by atoms with E-state index in [2.05, 4.69) is 0 Å². The van der Waals surface area contributed by atoms with Gasteiger partial charge < -0.3 is 5.11 Å². The van der Waals surface area contributed by atoms with Gasteiger partial charge in [0.15, 0.2) is 0 Å². The van der Waals surface area contributed by atoms with E-state index in [9.17, 15) is 22.7 Å². The number of halogens is 6. The lowest BCUT2D eigenvalue weighted by molar-refractivity contribution is -0.137. The number of benzene rings is 1. The van der Waals surface area contributed by atoms with Crippen molar-refractivity contribution in [3.63, 3.8) is 0 Å². The van der Waals surface area contributed by atoms with E-state index in [0.29, 0.717) is 18.2 Å². The van der Waals surface area contributed by atoms with Crippen LogP contribution in [-0.2, 0) is 6.18 Å². The molecule has 1 aromatic rings. The predicted octanol–water partition coefficient (Wildman–Crippen LogP) is 3.68. The van der Waals surface area contributed by atoms with Crippen molar-refractivity contribution in [3.05, 3.63) is 35.1 Å². The lowest BCUT2D eigenvalue weighted by Crippen LogP contribution is -2.12. The Kier molecular flexibility index (Phi) is 4.04. The molecule has 1 N–H and O–H groups in total. The third-order valence-corrected chi connectivity index (χ3v) is 2.36. The fraction of sp³-hybridized carbons (Fsp3) is 0.333. The molecule has 0 aliphatic carbocycles. The van der Waals surface area contributed by atoms with E-state index >= 15 is 0 Å². The SMILES string of the molecule is OC(c1cc(C(F)(F)F)ccc1F)C(Cl)Cl. The van der Waals surface area contributed by atoms with Crippen molar-refractivity contribution in [2.45, 2.75) is 17.1 Å². The van der Waals surface area contributed by atoms with Crippen LogP contribution in [0.15, 0.2) is 18.2 Å². The summed E-state index contributed by atoms with van der Waals surface area (Å²) in [5.41, 5.74) is -1.65. The van der Waals surface area contributed by atoms with E-state index in [4.69, 9.17) is 23.2 Å². The second-order valence-corrected chi connectivity index (χ2v) is 4.18. The van der Waals surface area contributed by atoms with Crippen LogP contribution in [0.1, 0.15) is 17.2 Å². The number of hydrogen-bond donors (Lipinski definition) is 1. The number of alkyl halides is 5. The van der Waals surface area contributed by atoms with Gasteiger partial charge in [-0.15, -0.1) is 23.2 Å². The lowest BCUT2D eigenvalue weighted by atomic mass is 10.1. The third-order valence-electron chi connectivity index (χ3n) is 1.88. The molecule has 0 radical (unpaired) electrons.